The molecule has 0 saturated heterocycles. The number of hydrogen-bond acceptors (Lipinski definition) is 1. The summed E-state index contributed by atoms with van der Waals surface area (Å²) in [5.41, 5.74) is 1.40. The summed E-state index contributed by atoms with van der Waals surface area (Å²) in [5.74, 6) is 3.58. The van der Waals surface area contributed by atoms with Crippen molar-refractivity contribution in [3.05, 3.63) is 41.7 Å². The lowest BCUT2D eigenvalue weighted by Gasteiger charge is -2.42. The topological polar surface area (TPSA) is 9.23 Å². The van der Waals surface area contributed by atoms with Crippen molar-refractivity contribution in [1.82, 2.24) is 0 Å². The van der Waals surface area contributed by atoms with E-state index in [1.54, 1.807) is 6.07 Å². The van der Waals surface area contributed by atoms with E-state index < -0.39 is 0 Å². The van der Waals surface area contributed by atoms with Gasteiger partial charge in [0.2, 0.25) is 0 Å². The minimum Gasteiger partial charge on any atom is -0.494 e. The first-order valence-corrected chi connectivity index (χ1v) is 10.5. The predicted octanol–water partition coefficient (Wildman–Crippen LogP) is 7.09. The molecule has 0 bridgehead atoms. The van der Waals surface area contributed by atoms with Crippen LogP contribution >= 0.6 is 0 Å². The number of rotatable bonds is 4. The first kappa shape index (κ1) is 17.8. The van der Waals surface area contributed by atoms with E-state index >= 15 is 0 Å². The Hall–Kier alpha value is -1.57. The SMILES string of the molecule is CCCC1CCC2C[C@H](c3ccc4c(F)c(OC)ccc4c3)CC[C@@H]2C1. The first-order chi connectivity index (χ1) is 12.7. The molecule has 4 atom stereocenters. The van der Waals surface area contributed by atoms with Gasteiger partial charge in [0.1, 0.15) is 0 Å². The molecule has 0 aliphatic heterocycles. The molecule has 2 fully saturated rings. The maximum absolute atomic E-state index is 14.4. The summed E-state index contributed by atoms with van der Waals surface area (Å²) >= 11 is 0. The van der Waals surface area contributed by atoms with E-state index in [2.05, 4.69) is 19.1 Å². The van der Waals surface area contributed by atoms with Crippen molar-refractivity contribution in [2.24, 2.45) is 17.8 Å². The van der Waals surface area contributed by atoms with Crippen LogP contribution in [0.4, 0.5) is 4.39 Å². The Labute approximate surface area is 156 Å². The summed E-state index contributed by atoms with van der Waals surface area (Å²) in [7, 11) is 1.52. The van der Waals surface area contributed by atoms with Crippen LogP contribution in [-0.4, -0.2) is 7.11 Å². The zero-order valence-electron chi connectivity index (χ0n) is 16.1. The number of ether oxygens (including phenoxy) is 1. The zero-order chi connectivity index (χ0) is 18.1. The van der Waals surface area contributed by atoms with Crippen molar-refractivity contribution in [2.75, 3.05) is 7.11 Å². The molecule has 1 nitrogen and oxygen atoms in total. The van der Waals surface area contributed by atoms with Crippen LogP contribution in [0.3, 0.4) is 0 Å². The van der Waals surface area contributed by atoms with Crippen LogP contribution in [0.1, 0.15) is 69.8 Å². The van der Waals surface area contributed by atoms with Gasteiger partial charge in [0.25, 0.3) is 0 Å². The molecule has 0 N–H and O–H groups in total. The Kier molecular flexibility index (Phi) is 5.20. The molecular weight excluding hydrogens is 323 g/mol. The van der Waals surface area contributed by atoms with E-state index in [9.17, 15) is 4.39 Å². The van der Waals surface area contributed by atoms with Crippen molar-refractivity contribution in [1.29, 1.82) is 0 Å². The highest BCUT2D eigenvalue weighted by Gasteiger charge is 2.35. The molecule has 2 aromatic carbocycles. The molecule has 0 heterocycles. The largest absolute Gasteiger partial charge is 0.494 e. The van der Waals surface area contributed by atoms with Crippen molar-refractivity contribution in [3.8, 4) is 5.75 Å². The number of methoxy groups -OCH3 is 1. The molecule has 2 unspecified atom stereocenters. The predicted molar refractivity (Wildman–Crippen MR) is 106 cm³/mol. The average molecular weight is 355 g/mol. The molecule has 2 aromatic rings. The fourth-order valence-electron chi connectivity index (χ4n) is 5.66. The maximum atomic E-state index is 14.4. The minimum atomic E-state index is -0.241. The lowest BCUT2D eigenvalue weighted by Crippen LogP contribution is -2.30. The van der Waals surface area contributed by atoms with E-state index in [1.807, 2.05) is 12.1 Å². The fraction of sp³-hybridized carbons (Fsp3) is 0.583. The van der Waals surface area contributed by atoms with Crippen LogP contribution in [0, 0.1) is 23.6 Å². The number of halogens is 1. The zero-order valence-corrected chi connectivity index (χ0v) is 16.1. The molecule has 140 valence electrons. The summed E-state index contributed by atoms with van der Waals surface area (Å²) in [6.45, 7) is 2.32. The standard InChI is InChI=1S/C24H31FO/c1-3-4-16-5-6-18-14-19(8-7-17(18)13-16)20-9-11-22-21(15-20)10-12-23(26-2)24(22)25/h9-12,15-19H,3-8,13-14H2,1-2H3/t16?,17-,18?,19-/m1/s1. The van der Waals surface area contributed by atoms with Gasteiger partial charge in [-0.05, 0) is 72.8 Å². The molecule has 0 spiro atoms. The molecule has 2 aliphatic carbocycles. The summed E-state index contributed by atoms with van der Waals surface area (Å²) in [6, 6.07) is 10.0. The van der Waals surface area contributed by atoms with Gasteiger partial charge in [0.15, 0.2) is 11.6 Å². The first-order valence-electron chi connectivity index (χ1n) is 10.5. The molecule has 0 amide bonds. The molecular formula is C24H31FO. The van der Waals surface area contributed by atoms with Crippen molar-refractivity contribution < 1.29 is 9.13 Å². The van der Waals surface area contributed by atoms with Crippen LogP contribution < -0.4 is 4.74 Å². The van der Waals surface area contributed by atoms with Gasteiger partial charge in [-0.1, -0.05) is 50.5 Å². The Balaban J connectivity index is 1.50. The third-order valence-electron chi connectivity index (χ3n) is 7.05. The lowest BCUT2D eigenvalue weighted by molar-refractivity contribution is 0.114. The van der Waals surface area contributed by atoms with Crippen LogP contribution in [0.5, 0.6) is 5.75 Å². The normalized spacial score (nSPS) is 28.7. The van der Waals surface area contributed by atoms with Crippen molar-refractivity contribution in [3.63, 3.8) is 0 Å². The molecule has 2 saturated carbocycles. The third-order valence-corrected chi connectivity index (χ3v) is 7.05. The van der Waals surface area contributed by atoms with Gasteiger partial charge >= 0.3 is 0 Å². The minimum absolute atomic E-state index is 0.241. The highest BCUT2D eigenvalue weighted by Crippen LogP contribution is 2.48. The maximum Gasteiger partial charge on any atom is 0.172 e. The summed E-state index contributed by atoms with van der Waals surface area (Å²) in [5, 5.41) is 1.66. The van der Waals surface area contributed by atoms with E-state index in [0.717, 1.165) is 23.1 Å². The molecule has 0 radical (unpaired) electrons. The fourth-order valence-corrected chi connectivity index (χ4v) is 5.66. The Morgan fingerprint density at radius 3 is 2.62 bits per heavy atom. The van der Waals surface area contributed by atoms with Gasteiger partial charge in [-0.3, -0.25) is 0 Å². The van der Waals surface area contributed by atoms with Crippen LogP contribution in [0.25, 0.3) is 10.8 Å². The van der Waals surface area contributed by atoms with Crippen molar-refractivity contribution in [2.45, 2.75) is 64.2 Å². The Morgan fingerprint density at radius 1 is 1.00 bits per heavy atom. The van der Waals surface area contributed by atoms with Gasteiger partial charge in [-0.25, -0.2) is 4.39 Å². The number of fused-ring (bicyclic) bond motifs is 2. The highest BCUT2D eigenvalue weighted by atomic mass is 19.1. The van der Waals surface area contributed by atoms with Gasteiger partial charge in [-0.2, -0.15) is 0 Å². The smallest absolute Gasteiger partial charge is 0.172 e. The van der Waals surface area contributed by atoms with E-state index in [-0.39, 0.29) is 5.82 Å². The average Bonchev–Trinajstić information content (AvgIpc) is 2.68. The lowest BCUT2D eigenvalue weighted by atomic mass is 9.63. The second-order valence-corrected chi connectivity index (χ2v) is 8.56. The Bertz CT molecular complexity index is 768. The van der Waals surface area contributed by atoms with Crippen LogP contribution in [0.2, 0.25) is 0 Å². The van der Waals surface area contributed by atoms with E-state index in [4.69, 9.17) is 4.74 Å². The van der Waals surface area contributed by atoms with E-state index in [1.165, 1.54) is 64.0 Å². The number of hydrogen-bond donors (Lipinski definition) is 0. The van der Waals surface area contributed by atoms with Crippen LogP contribution in [-0.2, 0) is 0 Å². The van der Waals surface area contributed by atoms with Gasteiger partial charge in [-0.15, -0.1) is 0 Å². The van der Waals surface area contributed by atoms with E-state index in [0.29, 0.717) is 17.1 Å². The molecule has 2 aliphatic rings. The second-order valence-electron chi connectivity index (χ2n) is 8.56. The summed E-state index contributed by atoms with van der Waals surface area (Å²) in [6.07, 6.45) is 11.1. The highest BCUT2D eigenvalue weighted by molar-refractivity contribution is 5.85. The number of benzene rings is 2. The molecule has 0 aromatic heterocycles. The molecule has 26 heavy (non-hydrogen) atoms. The van der Waals surface area contributed by atoms with Crippen LogP contribution in [0.15, 0.2) is 30.3 Å². The van der Waals surface area contributed by atoms with Gasteiger partial charge < -0.3 is 4.74 Å². The summed E-state index contributed by atoms with van der Waals surface area (Å²) in [4.78, 5) is 0. The molecule has 2 heteroatoms. The quantitative estimate of drug-likeness (QED) is 0.569. The summed E-state index contributed by atoms with van der Waals surface area (Å²) < 4.78 is 19.5. The third kappa shape index (κ3) is 3.35. The van der Waals surface area contributed by atoms with Gasteiger partial charge in [0, 0.05) is 5.39 Å². The van der Waals surface area contributed by atoms with Crippen molar-refractivity contribution >= 4 is 10.8 Å². The monoisotopic (exact) mass is 354 g/mol. The molecule has 4 rings (SSSR count). The second kappa shape index (κ2) is 7.58. The Morgan fingerprint density at radius 2 is 1.81 bits per heavy atom. The van der Waals surface area contributed by atoms with Gasteiger partial charge in [0.05, 0.1) is 7.11 Å².